The number of hydrogen-bond donors (Lipinski definition) is 1. The first-order valence-electron chi connectivity index (χ1n) is 9.27. The minimum absolute atomic E-state index is 0.0329. The lowest BCUT2D eigenvalue weighted by Crippen LogP contribution is -2.23. The Morgan fingerprint density at radius 3 is 2.72 bits per heavy atom. The molecule has 0 bridgehead atoms. The van der Waals surface area contributed by atoms with Crippen LogP contribution in [0.1, 0.15) is 44.5 Å². The molecule has 0 unspecified atom stereocenters. The molecule has 0 fully saturated rings. The largest absolute Gasteiger partial charge is 0.504 e. The van der Waals surface area contributed by atoms with E-state index in [1.54, 1.807) is 24.4 Å². The third-order valence-electron chi connectivity index (χ3n) is 4.58. The summed E-state index contributed by atoms with van der Waals surface area (Å²) in [7, 11) is 0. The van der Waals surface area contributed by atoms with Gasteiger partial charge in [-0.2, -0.15) is 9.78 Å². The standard InChI is InChI=1S/C21H21Br2N3O3/c1-4-12(3)20-25-17-7-6-14(22)9-15(17)21(28)26(20)24-11-13-8-19(29-5-2)18(27)10-16(13)23/h6-12,27H,4-5H2,1-3H3/t12-/m1/s1. The molecule has 3 rings (SSSR count). The summed E-state index contributed by atoms with van der Waals surface area (Å²) in [6, 6.07) is 8.66. The monoisotopic (exact) mass is 521 g/mol. The van der Waals surface area contributed by atoms with Crippen molar-refractivity contribution in [2.75, 3.05) is 6.61 Å². The van der Waals surface area contributed by atoms with Crippen LogP contribution in [0.4, 0.5) is 0 Å². The molecule has 2 aromatic carbocycles. The molecule has 152 valence electrons. The van der Waals surface area contributed by atoms with Crippen LogP contribution in [0.25, 0.3) is 10.9 Å². The van der Waals surface area contributed by atoms with Gasteiger partial charge in [0, 0.05) is 20.4 Å². The first-order chi connectivity index (χ1) is 13.8. The number of nitrogens with zero attached hydrogens (tertiary/aromatic N) is 3. The van der Waals surface area contributed by atoms with E-state index in [0.29, 0.717) is 39.1 Å². The zero-order chi connectivity index (χ0) is 21.1. The molecule has 1 atom stereocenters. The summed E-state index contributed by atoms with van der Waals surface area (Å²) in [5.41, 5.74) is 1.08. The molecule has 29 heavy (non-hydrogen) atoms. The molecule has 6 nitrogen and oxygen atoms in total. The number of halogens is 2. The fourth-order valence-electron chi connectivity index (χ4n) is 2.83. The van der Waals surface area contributed by atoms with Crippen molar-refractivity contribution in [1.82, 2.24) is 9.66 Å². The maximum Gasteiger partial charge on any atom is 0.282 e. The van der Waals surface area contributed by atoms with Crippen molar-refractivity contribution >= 4 is 49.0 Å². The maximum atomic E-state index is 13.2. The third kappa shape index (κ3) is 4.53. The second-order valence-electron chi connectivity index (χ2n) is 6.58. The molecule has 3 aromatic rings. The number of hydrogen-bond acceptors (Lipinski definition) is 5. The Balaban J connectivity index is 2.17. The van der Waals surface area contributed by atoms with Gasteiger partial charge in [0.25, 0.3) is 5.56 Å². The van der Waals surface area contributed by atoms with Crippen LogP contribution in [0.2, 0.25) is 0 Å². The number of aromatic hydroxyl groups is 1. The number of phenolic OH excluding ortho intramolecular Hbond substituents is 1. The predicted molar refractivity (Wildman–Crippen MR) is 122 cm³/mol. The Morgan fingerprint density at radius 1 is 1.28 bits per heavy atom. The molecule has 0 spiro atoms. The molecule has 0 amide bonds. The minimum atomic E-state index is -0.234. The van der Waals surface area contributed by atoms with Crippen molar-refractivity contribution in [2.45, 2.75) is 33.1 Å². The summed E-state index contributed by atoms with van der Waals surface area (Å²) in [4.78, 5) is 17.9. The van der Waals surface area contributed by atoms with E-state index in [1.807, 2.05) is 32.9 Å². The van der Waals surface area contributed by atoms with Crippen molar-refractivity contribution in [3.8, 4) is 11.5 Å². The Hall–Kier alpha value is -2.19. The molecule has 0 radical (unpaired) electrons. The lowest BCUT2D eigenvalue weighted by atomic mass is 10.1. The average molecular weight is 523 g/mol. The SMILES string of the molecule is CCOc1cc(C=Nn2c([C@H](C)CC)nc3ccc(Br)cc3c2=O)c(Br)cc1O. The second-order valence-corrected chi connectivity index (χ2v) is 8.35. The molecule has 0 aliphatic rings. The summed E-state index contributed by atoms with van der Waals surface area (Å²) in [6.45, 7) is 6.32. The van der Waals surface area contributed by atoms with E-state index in [9.17, 15) is 9.90 Å². The van der Waals surface area contributed by atoms with Gasteiger partial charge >= 0.3 is 0 Å². The van der Waals surface area contributed by atoms with Gasteiger partial charge in [-0.05, 0) is 59.6 Å². The van der Waals surface area contributed by atoms with E-state index in [1.165, 1.54) is 4.68 Å². The van der Waals surface area contributed by atoms with Crippen LogP contribution in [0, 0.1) is 0 Å². The Kier molecular flexibility index (Phi) is 6.74. The highest BCUT2D eigenvalue weighted by Crippen LogP contribution is 2.32. The molecule has 1 aromatic heterocycles. The van der Waals surface area contributed by atoms with Gasteiger partial charge in [0.05, 0.1) is 23.7 Å². The van der Waals surface area contributed by atoms with Gasteiger partial charge in [-0.1, -0.05) is 29.8 Å². The number of fused-ring (bicyclic) bond motifs is 1. The van der Waals surface area contributed by atoms with Crippen LogP contribution in [-0.2, 0) is 0 Å². The van der Waals surface area contributed by atoms with Crippen molar-refractivity contribution in [2.24, 2.45) is 5.10 Å². The van der Waals surface area contributed by atoms with Gasteiger partial charge in [-0.25, -0.2) is 4.98 Å². The van der Waals surface area contributed by atoms with Crippen LogP contribution in [0.3, 0.4) is 0 Å². The van der Waals surface area contributed by atoms with E-state index in [-0.39, 0.29) is 17.2 Å². The van der Waals surface area contributed by atoms with E-state index >= 15 is 0 Å². The summed E-state index contributed by atoms with van der Waals surface area (Å²) in [5.74, 6) is 1.04. The molecule has 8 heteroatoms. The fraction of sp³-hybridized carbons (Fsp3) is 0.286. The second kappa shape index (κ2) is 9.09. The molecule has 0 aliphatic carbocycles. The predicted octanol–water partition coefficient (Wildman–Crippen LogP) is 5.42. The molecular weight excluding hydrogens is 502 g/mol. The number of ether oxygens (including phenoxy) is 1. The van der Waals surface area contributed by atoms with Crippen LogP contribution >= 0.6 is 31.9 Å². The zero-order valence-corrected chi connectivity index (χ0v) is 19.5. The fourth-order valence-corrected chi connectivity index (χ4v) is 3.62. The van der Waals surface area contributed by atoms with Gasteiger partial charge in [0.1, 0.15) is 5.82 Å². The molecule has 0 aliphatic heterocycles. The molecule has 0 saturated heterocycles. The molecule has 0 saturated carbocycles. The first-order valence-corrected chi connectivity index (χ1v) is 10.9. The maximum absolute atomic E-state index is 13.2. The highest BCUT2D eigenvalue weighted by molar-refractivity contribution is 9.10. The molecule has 1 N–H and O–H groups in total. The van der Waals surface area contributed by atoms with E-state index in [4.69, 9.17) is 9.72 Å². The quantitative estimate of drug-likeness (QED) is 0.438. The Labute approximate surface area is 185 Å². The number of aromatic nitrogens is 2. The Bertz CT molecular complexity index is 1140. The topological polar surface area (TPSA) is 76.7 Å². The molecule has 1 heterocycles. The van der Waals surface area contributed by atoms with Gasteiger partial charge in [0.15, 0.2) is 11.5 Å². The summed E-state index contributed by atoms with van der Waals surface area (Å²) >= 11 is 6.83. The number of rotatable bonds is 6. The number of phenols is 1. The summed E-state index contributed by atoms with van der Waals surface area (Å²) in [5, 5.41) is 14.9. The van der Waals surface area contributed by atoms with Crippen LogP contribution in [-0.4, -0.2) is 27.6 Å². The van der Waals surface area contributed by atoms with Gasteiger partial charge in [-0.3, -0.25) is 4.79 Å². The van der Waals surface area contributed by atoms with Crippen LogP contribution < -0.4 is 10.3 Å². The van der Waals surface area contributed by atoms with Crippen molar-refractivity contribution in [1.29, 1.82) is 0 Å². The average Bonchev–Trinajstić information content (AvgIpc) is 2.70. The van der Waals surface area contributed by atoms with Crippen LogP contribution in [0.15, 0.2) is 49.2 Å². The first kappa shape index (κ1) is 21.5. The van der Waals surface area contributed by atoms with Crippen LogP contribution in [0.5, 0.6) is 11.5 Å². The lowest BCUT2D eigenvalue weighted by Gasteiger charge is -2.14. The summed E-state index contributed by atoms with van der Waals surface area (Å²) in [6.07, 6.45) is 2.38. The van der Waals surface area contributed by atoms with E-state index < -0.39 is 0 Å². The molecular formula is C21H21Br2N3O3. The smallest absolute Gasteiger partial charge is 0.282 e. The van der Waals surface area contributed by atoms with Crippen molar-refractivity contribution in [3.63, 3.8) is 0 Å². The number of benzene rings is 2. The highest BCUT2D eigenvalue weighted by atomic mass is 79.9. The Morgan fingerprint density at radius 2 is 2.03 bits per heavy atom. The van der Waals surface area contributed by atoms with Gasteiger partial charge < -0.3 is 9.84 Å². The zero-order valence-electron chi connectivity index (χ0n) is 16.3. The third-order valence-corrected chi connectivity index (χ3v) is 5.76. The van der Waals surface area contributed by atoms with Crippen molar-refractivity contribution < 1.29 is 9.84 Å². The normalized spacial score (nSPS) is 12.6. The lowest BCUT2D eigenvalue weighted by molar-refractivity contribution is 0.318. The minimum Gasteiger partial charge on any atom is -0.504 e. The van der Waals surface area contributed by atoms with E-state index in [0.717, 1.165) is 10.9 Å². The summed E-state index contributed by atoms with van der Waals surface area (Å²) < 4.78 is 8.23. The highest BCUT2D eigenvalue weighted by Gasteiger charge is 2.16. The van der Waals surface area contributed by atoms with Gasteiger partial charge in [0.2, 0.25) is 0 Å². The van der Waals surface area contributed by atoms with E-state index in [2.05, 4.69) is 37.0 Å². The van der Waals surface area contributed by atoms with Gasteiger partial charge in [-0.15, -0.1) is 0 Å². The van der Waals surface area contributed by atoms with Crippen molar-refractivity contribution in [3.05, 3.63) is 61.0 Å².